The van der Waals surface area contributed by atoms with E-state index in [4.69, 9.17) is 14.7 Å². The third-order valence-corrected chi connectivity index (χ3v) is 5.01. The molecule has 2 N–H and O–H groups in total. The number of aryl methyl sites for hydroxylation is 1. The van der Waals surface area contributed by atoms with Gasteiger partial charge in [0, 0.05) is 31.3 Å². The predicted molar refractivity (Wildman–Crippen MR) is 113 cm³/mol. The molecule has 1 aliphatic heterocycles. The molecule has 5 heteroatoms. The van der Waals surface area contributed by atoms with Crippen LogP contribution in [0.3, 0.4) is 0 Å². The molecule has 4 rings (SSSR count). The zero-order valence-corrected chi connectivity index (χ0v) is 16.2. The van der Waals surface area contributed by atoms with E-state index in [1.165, 1.54) is 11.1 Å². The van der Waals surface area contributed by atoms with Gasteiger partial charge < -0.3 is 15.4 Å². The van der Waals surface area contributed by atoms with Crippen molar-refractivity contribution in [3.8, 4) is 11.4 Å². The maximum atomic E-state index is 5.72. The summed E-state index contributed by atoms with van der Waals surface area (Å²) in [6.07, 6.45) is 2.50. The highest BCUT2D eigenvalue weighted by molar-refractivity contribution is 5.61. The molecular formula is C23H26N4O. The van der Waals surface area contributed by atoms with E-state index in [9.17, 15) is 0 Å². The van der Waals surface area contributed by atoms with E-state index in [1.807, 2.05) is 36.4 Å². The van der Waals surface area contributed by atoms with Crippen molar-refractivity contribution >= 4 is 11.6 Å². The summed E-state index contributed by atoms with van der Waals surface area (Å²) < 4.78 is 5.72. The third-order valence-electron chi connectivity index (χ3n) is 5.01. The summed E-state index contributed by atoms with van der Waals surface area (Å²) in [6, 6.07) is 20.4. The van der Waals surface area contributed by atoms with E-state index in [0.29, 0.717) is 5.82 Å². The summed E-state index contributed by atoms with van der Waals surface area (Å²) in [4.78, 5) is 9.45. The van der Waals surface area contributed by atoms with Crippen LogP contribution < -0.4 is 10.6 Å². The molecule has 144 valence electrons. The Hall–Kier alpha value is -2.92. The van der Waals surface area contributed by atoms with Crippen LogP contribution >= 0.6 is 0 Å². The second-order valence-electron chi connectivity index (χ2n) is 7.12. The van der Waals surface area contributed by atoms with Gasteiger partial charge in [0.05, 0.1) is 6.10 Å². The highest BCUT2D eigenvalue weighted by Gasteiger charge is 2.16. The van der Waals surface area contributed by atoms with E-state index in [-0.39, 0.29) is 6.10 Å². The van der Waals surface area contributed by atoms with Crippen molar-refractivity contribution in [2.24, 2.45) is 0 Å². The van der Waals surface area contributed by atoms with Crippen LogP contribution in [-0.2, 0) is 11.3 Å². The molecule has 0 spiro atoms. The normalized spacial score (nSPS) is 16.1. The van der Waals surface area contributed by atoms with Crippen LogP contribution in [-0.4, -0.2) is 29.2 Å². The van der Waals surface area contributed by atoms with Crippen molar-refractivity contribution in [3.63, 3.8) is 0 Å². The average molecular weight is 374 g/mol. The number of aromatic nitrogens is 2. The van der Waals surface area contributed by atoms with Gasteiger partial charge in [-0.25, -0.2) is 9.97 Å². The molecule has 0 amide bonds. The fourth-order valence-electron chi connectivity index (χ4n) is 3.36. The maximum absolute atomic E-state index is 5.72. The lowest BCUT2D eigenvalue weighted by atomic mass is 10.1. The topological polar surface area (TPSA) is 59.1 Å². The van der Waals surface area contributed by atoms with E-state index < -0.39 is 0 Å². The van der Waals surface area contributed by atoms with Crippen molar-refractivity contribution in [3.05, 3.63) is 71.8 Å². The lowest BCUT2D eigenvalue weighted by Gasteiger charge is -2.14. The Morgan fingerprint density at radius 2 is 1.71 bits per heavy atom. The highest BCUT2D eigenvalue weighted by Crippen LogP contribution is 2.22. The number of hydrogen-bond acceptors (Lipinski definition) is 5. The van der Waals surface area contributed by atoms with E-state index >= 15 is 0 Å². The van der Waals surface area contributed by atoms with Gasteiger partial charge >= 0.3 is 0 Å². The maximum Gasteiger partial charge on any atom is 0.163 e. The number of hydrogen-bond donors (Lipinski definition) is 2. The Balaban J connectivity index is 1.55. The molecular weight excluding hydrogens is 348 g/mol. The van der Waals surface area contributed by atoms with E-state index in [1.54, 1.807) is 0 Å². The van der Waals surface area contributed by atoms with Gasteiger partial charge in [-0.3, -0.25) is 0 Å². The molecule has 0 aliphatic carbocycles. The number of nitrogens with one attached hydrogen (secondary N) is 2. The lowest BCUT2D eigenvalue weighted by Crippen LogP contribution is -2.19. The Bertz CT molecular complexity index is 907. The number of benzene rings is 2. The molecule has 1 unspecified atom stereocenters. The fraction of sp³-hybridized carbons (Fsp3) is 0.304. The first-order valence-corrected chi connectivity index (χ1v) is 9.86. The zero-order valence-electron chi connectivity index (χ0n) is 16.2. The molecule has 1 saturated heterocycles. The minimum absolute atomic E-state index is 0.263. The van der Waals surface area contributed by atoms with Crippen LogP contribution in [0.25, 0.3) is 11.4 Å². The molecule has 1 aliphatic rings. The number of anilines is 2. The Morgan fingerprint density at radius 3 is 2.46 bits per heavy atom. The Kier molecular flexibility index (Phi) is 5.83. The lowest BCUT2D eigenvalue weighted by molar-refractivity contribution is 0.120. The van der Waals surface area contributed by atoms with Crippen molar-refractivity contribution in [2.45, 2.75) is 32.4 Å². The van der Waals surface area contributed by atoms with E-state index in [0.717, 1.165) is 49.7 Å². The SMILES string of the molecule is Cc1ccccc1CNc1cc(NCC2CCCO2)nc(-c2ccccc2)n1. The van der Waals surface area contributed by atoms with Gasteiger partial charge in [0.1, 0.15) is 11.6 Å². The van der Waals surface area contributed by atoms with Gasteiger partial charge in [0.25, 0.3) is 0 Å². The molecule has 0 bridgehead atoms. The van der Waals surface area contributed by atoms with Gasteiger partial charge in [-0.15, -0.1) is 0 Å². The first kappa shape index (κ1) is 18.4. The first-order valence-electron chi connectivity index (χ1n) is 9.86. The zero-order chi connectivity index (χ0) is 19.2. The average Bonchev–Trinajstić information content (AvgIpc) is 3.26. The highest BCUT2D eigenvalue weighted by atomic mass is 16.5. The van der Waals surface area contributed by atoms with Crippen LogP contribution in [0.1, 0.15) is 24.0 Å². The first-order chi connectivity index (χ1) is 13.8. The molecule has 3 aromatic rings. The van der Waals surface area contributed by atoms with Crippen LogP contribution in [0, 0.1) is 6.92 Å². The van der Waals surface area contributed by atoms with Gasteiger partial charge in [-0.05, 0) is 30.9 Å². The second kappa shape index (κ2) is 8.85. The predicted octanol–water partition coefficient (Wildman–Crippen LogP) is 4.66. The molecule has 28 heavy (non-hydrogen) atoms. The molecule has 1 fully saturated rings. The molecule has 1 aromatic heterocycles. The van der Waals surface area contributed by atoms with E-state index in [2.05, 4.69) is 41.8 Å². The summed E-state index contributed by atoms with van der Waals surface area (Å²) >= 11 is 0. The fourth-order valence-corrected chi connectivity index (χ4v) is 3.36. The summed E-state index contributed by atoms with van der Waals surface area (Å²) in [7, 11) is 0. The number of rotatable bonds is 7. The van der Waals surface area contributed by atoms with Crippen LogP contribution in [0.4, 0.5) is 11.6 Å². The van der Waals surface area contributed by atoms with Crippen LogP contribution in [0.2, 0.25) is 0 Å². The van der Waals surface area contributed by atoms with Gasteiger partial charge in [0.15, 0.2) is 5.82 Å². The molecule has 2 aromatic carbocycles. The van der Waals surface area contributed by atoms with Crippen LogP contribution in [0.15, 0.2) is 60.7 Å². The summed E-state index contributed by atoms with van der Waals surface area (Å²) in [5.41, 5.74) is 3.53. The number of ether oxygens (including phenoxy) is 1. The smallest absolute Gasteiger partial charge is 0.163 e. The van der Waals surface area contributed by atoms with Crippen molar-refractivity contribution in [2.75, 3.05) is 23.8 Å². The largest absolute Gasteiger partial charge is 0.376 e. The molecule has 0 saturated carbocycles. The number of nitrogens with zero attached hydrogens (tertiary/aromatic N) is 2. The van der Waals surface area contributed by atoms with Crippen LogP contribution in [0.5, 0.6) is 0 Å². The van der Waals surface area contributed by atoms with Crippen molar-refractivity contribution in [1.29, 1.82) is 0 Å². The molecule has 2 heterocycles. The minimum Gasteiger partial charge on any atom is -0.376 e. The third kappa shape index (κ3) is 4.67. The summed E-state index contributed by atoms with van der Waals surface area (Å²) in [5, 5.41) is 6.89. The summed E-state index contributed by atoms with van der Waals surface area (Å²) in [6.45, 7) is 4.47. The quantitative estimate of drug-likeness (QED) is 0.630. The Labute approximate surface area is 166 Å². The molecule has 5 nitrogen and oxygen atoms in total. The van der Waals surface area contributed by atoms with Crippen molar-refractivity contribution in [1.82, 2.24) is 9.97 Å². The molecule has 0 radical (unpaired) electrons. The van der Waals surface area contributed by atoms with Gasteiger partial charge in [-0.1, -0.05) is 54.6 Å². The molecule has 1 atom stereocenters. The standard InChI is InChI=1S/C23H26N4O/c1-17-8-5-6-11-19(17)15-24-21-14-22(25-16-20-12-7-13-28-20)27-23(26-21)18-9-3-2-4-10-18/h2-6,8-11,14,20H,7,12-13,15-16H2,1H3,(H2,24,25,26,27). The van der Waals surface area contributed by atoms with Crippen molar-refractivity contribution < 1.29 is 4.74 Å². The van der Waals surface area contributed by atoms with Gasteiger partial charge in [0.2, 0.25) is 0 Å². The second-order valence-corrected chi connectivity index (χ2v) is 7.12. The minimum atomic E-state index is 0.263. The summed E-state index contributed by atoms with van der Waals surface area (Å²) in [5.74, 6) is 2.34. The van der Waals surface area contributed by atoms with Gasteiger partial charge in [-0.2, -0.15) is 0 Å². The monoisotopic (exact) mass is 374 g/mol. The Morgan fingerprint density at radius 1 is 0.964 bits per heavy atom.